The van der Waals surface area contributed by atoms with Gasteiger partial charge >= 0.3 is 18.0 Å². The van der Waals surface area contributed by atoms with Crippen LogP contribution in [0.25, 0.3) is 0 Å². The van der Waals surface area contributed by atoms with Crippen LogP contribution in [0.3, 0.4) is 0 Å². The number of amides is 2. The van der Waals surface area contributed by atoms with Gasteiger partial charge in [0, 0.05) is 6.42 Å². The lowest BCUT2D eigenvalue weighted by atomic mass is 10.0. The van der Waals surface area contributed by atoms with Crippen LogP contribution in [-0.4, -0.2) is 50.2 Å². The lowest BCUT2D eigenvalue weighted by Gasteiger charge is -2.24. The number of benzene rings is 1. The quantitative estimate of drug-likeness (QED) is 0.445. The molecule has 0 aliphatic heterocycles. The van der Waals surface area contributed by atoms with Gasteiger partial charge in [-0.05, 0) is 17.9 Å². The van der Waals surface area contributed by atoms with E-state index in [1.807, 2.05) is 30.3 Å². The maximum atomic E-state index is 12.6. The van der Waals surface area contributed by atoms with Crippen molar-refractivity contribution in [3.8, 4) is 0 Å². The molecule has 0 aliphatic carbocycles. The van der Waals surface area contributed by atoms with Gasteiger partial charge in [-0.3, -0.25) is 9.59 Å². The van der Waals surface area contributed by atoms with Crippen molar-refractivity contribution in [1.82, 2.24) is 10.6 Å². The molecule has 29 heavy (non-hydrogen) atoms. The van der Waals surface area contributed by atoms with Gasteiger partial charge in [-0.15, -0.1) is 0 Å². The molecular weight excluding hydrogens is 380 g/mol. The Morgan fingerprint density at radius 3 is 2.17 bits per heavy atom. The third-order valence-electron chi connectivity index (χ3n) is 4.10. The van der Waals surface area contributed by atoms with E-state index in [-0.39, 0.29) is 25.4 Å². The van der Waals surface area contributed by atoms with Crippen LogP contribution in [0.15, 0.2) is 30.3 Å². The van der Waals surface area contributed by atoms with E-state index in [1.165, 1.54) is 14.2 Å². The predicted molar refractivity (Wildman–Crippen MR) is 104 cm³/mol. The fourth-order valence-electron chi connectivity index (χ4n) is 2.44. The molecule has 0 fully saturated rings. The number of nitrogens with one attached hydrogen (secondary N) is 2. The van der Waals surface area contributed by atoms with Crippen LogP contribution < -0.4 is 10.6 Å². The normalized spacial score (nSPS) is 12.4. The van der Waals surface area contributed by atoms with Gasteiger partial charge in [0.25, 0.3) is 0 Å². The molecule has 0 bridgehead atoms. The van der Waals surface area contributed by atoms with Crippen molar-refractivity contribution in [3.63, 3.8) is 0 Å². The van der Waals surface area contributed by atoms with Crippen molar-refractivity contribution in [3.05, 3.63) is 35.9 Å². The average molecular weight is 408 g/mol. The van der Waals surface area contributed by atoms with Crippen LogP contribution in [0, 0.1) is 5.92 Å². The molecule has 160 valence electrons. The van der Waals surface area contributed by atoms with E-state index in [2.05, 4.69) is 20.1 Å². The minimum atomic E-state index is -1.05. The molecule has 1 rings (SSSR count). The van der Waals surface area contributed by atoms with Gasteiger partial charge in [-0.25, -0.2) is 9.59 Å². The first-order valence-electron chi connectivity index (χ1n) is 9.20. The molecule has 2 N–H and O–H groups in total. The van der Waals surface area contributed by atoms with Crippen molar-refractivity contribution in [2.24, 2.45) is 5.92 Å². The molecule has 1 aromatic rings. The van der Waals surface area contributed by atoms with Crippen LogP contribution >= 0.6 is 0 Å². The van der Waals surface area contributed by atoms with Crippen LogP contribution in [0.4, 0.5) is 4.79 Å². The van der Waals surface area contributed by atoms with Crippen LogP contribution in [-0.2, 0) is 35.2 Å². The van der Waals surface area contributed by atoms with Crippen molar-refractivity contribution >= 4 is 23.9 Å². The molecular formula is C20H28N2O7. The summed E-state index contributed by atoms with van der Waals surface area (Å²) in [6.45, 7) is 3.54. The molecule has 2 amide bonds. The Bertz CT molecular complexity index is 691. The van der Waals surface area contributed by atoms with E-state index in [0.29, 0.717) is 0 Å². The Kier molecular flexibility index (Phi) is 10.2. The SMILES string of the molecule is COC(=O)CC[C@H](NC(=O)[C@H](NC(=O)OCc1ccccc1)C(C)C)C(=O)OC. The summed E-state index contributed by atoms with van der Waals surface area (Å²) in [6.07, 6.45) is -0.823. The fourth-order valence-corrected chi connectivity index (χ4v) is 2.44. The number of esters is 2. The summed E-state index contributed by atoms with van der Waals surface area (Å²) in [7, 11) is 2.41. The number of carbonyl (C=O) groups is 4. The molecule has 9 heteroatoms. The standard InChI is InChI=1S/C20H28N2O7/c1-13(2)17(22-20(26)29-12-14-8-6-5-7-9-14)18(24)21-15(19(25)28-4)10-11-16(23)27-3/h5-9,13,15,17H,10-12H2,1-4H3,(H,21,24)(H,22,26)/t15-,17+/m0/s1. The summed E-state index contributed by atoms with van der Waals surface area (Å²) in [4.78, 5) is 48.0. The number of carbonyl (C=O) groups excluding carboxylic acids is 4. The molecule has 9 nitrogen and oxygen atoms in total. The van der Waals surface area contributed by atoms with Gasteiger partial charge < -0.3 is 24.8 Å². The average Bonchev–Trinajstić information content (AvgIpc) is 2.72. The summed E-state index contributed by atoms with van der Waals surface area (Å²) in [5.41, 5.74) is 0.807. The van der Waals surface area contributed by atoms with Crippen molar-refractivity contribution in [1.29, 1.82) is 0 Å². The third kappa shape index (κ3) is 8.63. The second-order valence-corrected chi connectivity index (χ2v) is 6.63. The van der Waals surface area contributed by atoms with Gasteiger partial charge in [0.1, 0.15) is 18.7 Å². The summed E-state index contributed by atoms with van der Waals surface area (Å²) in [6, 6.07) is 7.12. The minimum absolute atomic E-state index is 0.00829. The number of ether oxygens (including phenoxy) is 3. The Balaban J connectivity index is 2.69. The highest BCUT2D eigenvalue weighted by molar-refractivity contribution is 5.90. The van der Waals surface area contributed by atoms with Gasteiger partial charge in [0.2, 0.25) is 5.91 Å². The maximum absolute atomic E-state index is 12.6. The molecule has 0 aliphatic rings. The first-order valence-corrected chi connectivity index (χ1v) is 9.20. The van der Waals surface area contributed by atoms with Crippen LogP contribution in [0.1, 0.15) is 32.3 Å². The molecule has 1 aromatic carbocycles. The number of methoxy groups -OCH3 is 2. The van der Waals surface area contributed by atoms with Crippen molar-refractivity contribution in [2.75, 3.05) is 14.2 Å². The van der Waals surface area contributed by atoms with Gasteiger partial charge in [0.15, 0.2) is 0 Å². The van der Waals surface area contributed by atoms with Gasteiger partial charge in [0.05, 0.1) is 14.2 Å². The summed E-state index contributed by atoms with van der Waals surface area (Å²) >= 11 is 0. The van der Waals surface area contributed by atoms with Gasteiger partial charge in [-0.2, -0.15) is 0 Å². The number of alkyl carbamates (subject to hydrolysis) is 1. The Morgan fingerprint density at radius 1 is 0.966 bits per heavy atom. The maximum Gasteiger partial charge on any atom is 0.408 e. The molecule has 0 saturated carbocycles. The smallest absolute Gasteiger partial charge is 0.408 e. The van der Waals surface area contributed by atoms with Crippen molar-refractivity contribution < 1.29 is 33.4 Å². The molecule has 0 radical (unpaired) electrons. The fraction of sp³-hybridized carbons (Fsp3) is 0.500. The van der Waals surface area contributed by atoms with Crippen molar-refractivity contribution in [2.45, 2.75) is 45.4 Å². The highest BCUT2D eigenvalue weighted by atomic mass is 16.5. The highest BCUT2D eigenvalue weighted by Crippen LogP contribution is 2.07. The van der Waals surface area contributed by atoms with E-state index in [1.54, 1.807) is 13.8 Å². The summed E-state index contributed by atoms with van der Waals surface area (Å²) in [5, 5.41) is 5.02. The zero-order chi connectivity index (χ0) is 21.8. The largest absolute Gasteiger partial charge is 0.469 e. The zero-order valence-electron chi connectivity index (χ0n) is 17.1. The van der Waals surface area contributed by atoms with E-state index >= 15 is 0 Å². The first-order chi connectivity index (χ1) is 13.8. The Morgan fingerprint density at radius 2 is 1.62 bits per heavy atom. The summed E-state index contributed by atoms with van der Waals surface area (Å²) < 4.78 is 14.4. The monoisotopic (exact) mass is 408 g/mol. The Hall–Kier alpha value is -3.10. The van der Waals surface area contributed by atoms with Crippen LogP contribution in [0.2, 0.25) is 0 Å². The topological polar surface area (TPSA) is 120 Å². The molecule has 0 unspecified atom stereocenters. The van der Waals surface area contributed by atoms with Gasteiger partial charge in [-0.1, -0.05) is 44.2 Å². The predicted octanol–water partition coefficient (Wildman–Crippen LogP) is 1.55. The molecule has 0 saturated heterocycles. The molecule has 0 spiro atoms. The second-order valence-electron chi connectivity index (χ2n) is 6.63. The van der Waals surface area contributed by atoms with E-state index < -0.39 is 36.0 Å². The van der Waals surface area contributed by atoms with E-state index in [0.717, 1.165) is 5.56 Å². The number of hydrogen-bond donors (Lipinski definition) is 2. The molecule has 2 atom stereocenters. The third-order valence-corrected chi connectivity index (χ3v) is 4.10. The molecule has 0 aromatic heterocycles. The number of rotatable bonds is 10. The van der Waals surface area contributed by atoms with E-state index in [9.17, 15) is 19.2 Å². The second kappa shape index (κ2) is 12.4. The number of hydrogen-bond acceptors (Lipinski definition) is 7. The highest BCUT2D eigenvalue weighted by Gasteiger charge is 2.30. The Labute approximate surface area is 170 Å². The molecule has 0 heterocycles. The first kappa shape index (κ1) is 23.9. The van der Waals surface area contributed by atoms with Crippen LogP contribution in [0.5, 0.6) is 0 Å². The zero-order valence-corrected chi connectivity index (χ0v) is 17.1. The minimum Gasteiger partial charge on any atom is -0.469 e. The lowest BCUT2D eigenvalue weighted by Crippen LogP contribution is -2.54. The lowest BCUT2D eigenvalue weighted by molar-refractivity contribution is -0.146. The van der Waals surface area contributed by atoms with E-state index in [4.69, 9.17) is 4.74 Å². The summed E-state index contributed by atoms with van der Waals surface area (Å²) in [5.74, 6) is -2.08.